The molecule has 0 unspecified atom stereocenters. The van der Waals surface area contributed by atoms with E-state index in [0.717, 1.165) is 0 Å². The summed E-state index contributed by atoms with van der Waals surface area (Å²) in [6, 6.07) is 7.35. The van der Waals surface area contributed by atoms with Crippen molar-refractivity contribution in [2.75, 3.05) is 25.6 Å². The molecule has 0 bridgehead atoms. The molecule has 0 aliphatic rings. The molecule has 2 aromatic carbocycles. The number of ether oxygens (including phenoxy) is 3. The number of nitrogens with one attached hydrogen (secondary N) is 1. The molecule has 0 saturated heterocycles. The SMILES string of the molecule is CCOc1cc(OCC)cc(C(=O)Nc2cc(C(=O)O)cc(Cl)c2OC)c1. The van der Waals surface area contributed by atoms with Gasteiger partial charge in [-0.25, -0.2) is 4.79 Å². The summed E-state index contributed by atoms with van der Waals surface area (Å²) >= 11 is 6.06. The highest BCUT2D eigenvalue weighted by Crippen LogP contribution is 2.35. The van der Waals surface area contributed by atoms with Crippen LogP contribution >= 0.6 is 11.6 Å². The molecule has 0 heterocycles. The monoisotopic (exact) mass is 393 g/mol. The molecule has 144 valence electrons. The number of carboxylic acids is 1. The van der Waals surface area contributed by atoms with Gasteiger partial charge >= 0.3 is 5.97 Å². The second-order valence-corrected chi connectivity index (χ2v) is 5.76. The smallest absolute Gasteiger partial charge is 0.335 e. The maximum atomic E-state index is 12.7. The number of hydrogen-bond acceptors (Lipinski definition) is 5. The lowest BCUT2D eigenvalue weighted by molar-refractivity contribution is 0.0696. The summed E-state index contributed by atoms with van der Waals surface area (Å²) in [4.78, 5) is 24.0. The van der Waals surface area contributed by atoms with E-state index in [-0.39, 0.29) is 27.6 Å². The number of carbonyl (C=O) groups is 2. The van der Waals surface area contributed by atoms with Crippen LogP contribution in [0.15, 0.2) is 30.3 Å². The molecule has 1 amide bonds. The predicted molar refractivity (Wildman–Crippen MR) is 102 cm³/mol. The van der Waals surface area contributed by atoms with E-state index in [0.29, 0.717) is 24.7 Å². The molecule has 0 aliphatic carbocycles. The van der Waals surface area contributed by atoms with E-state index in [1.807, 2.05) is 13.8 Å². The van der Waals surface area contributed by atoms with E-state index < -0.39 is 11.9 Å². The molecule has 0 aromatic heterocycles. The summed E-state index contributed by atoms with van der Waals surface area (Å²) in [5, 5.41) is 11.9. The Bertz CT molecular complexity index is 828. The molecule has 8 heteroatoms. The standard InChI is InChI=1S/C19H20ClNO6/c1-4-26-13-6-11(7-14(10-13)27-5-2)18(22)21-16-9-12(19(23)24)8-15(20)17(16)25-3/h6-10H,4-5H2,1-3H3,(H,21,22)(H,23,24). The lowest BCUT2D eigenvalue weighted by atomic mass is 10.1. The fraction of sp³-hybridized carbons (Fsp3) is 0.263. The fourth-order valence-corrected chi connectivity index (χ4v) is 2.71. The Morgan fingerprint density at radius 3 is 2.07 bits per heavy atom. The molecule has 0 fully saturated rings. The zero-order chi connectivity index (χ0) is 20.0. The molecule has 27 heavy (non-hydrogen) atoms. The van der Waals surface area contributed by atoms with Gasteiger partial charge in [-0.1, -0.05) is 11.6 Å². The zero-order valence-electron chi connectivity index (χ0n) is 15.2. The average molecular weight is 394 g/mol. The molecule has 0 saturated carbocycles. The third-order valence-electron chi connectivity index (χ3n) is 3.51. The molecule has 0 atom stereocenters. The largest absolute Gasteiger partial charge is 0.494 e. The van der Waals surface area contributed by atoms with Crippen LogP contribution in [-0.4, -0.2) is 37.3 Å². The number of amides is 1. The van der Waals surface area contributed by atoms with Crippen LogP contribution < -0.4 is 19.5 Å². The minimum atomic E-state index is -1.17. The number of halogens is 1. The summed E-state index contributed by atoms with van der Waals surface area (Å²) in [6.45, 7) is 4.52. The number of aromatic carboxylic acids is 1. The lowest BCUT2D eigenvalue weighted by Gasteiger charge is -2.14. The number of carbonyl (C=O) groups excluding carboxylic acids is 1. The first-order valence-electron chi connectivity index (χ1n) is 8.22. The van der Waals surface area contributed by atoms with Crippen molar-refractivity contribution in [1.82, 2.24) is 0 Å². The van der Waals surface area contributed by atoms with Crippen molar-refractivity contribution in [3.63, 3.8) is 0 Å². The number of methoxy groups -OCH3 is 1. The van der Waals surface area contributed by atoms with Crippen LogP contribution in [0, 0.1) is 0 Å². The summed E-state index contributed by atoms with van der Waals surface area (Å²) in [6.07, 6.45) is 0. The third kappa shape index (κ3) is 5.04. The van der Waals surface area contributed by atoms with Gasteiger partial charge < -0.3 is 24.6 Å². The number of carboxylic acid groups (broad SMARTS) is 1. The Morgan fingerprint density at radius 1 is 1.00 bits per heavy atom. The van der Waals surface area contributed by atoms with Gasteiger partial charge in [-0.2, -0.15) is 0 Å². The average Bonchev–Trinajstić information content (AvgIpc) is 2.61. The minimum absolute atomic E-state index is 0.0748. The van der Waals surface area contributed by atoms with Crippen LogP contribution in [0.4, 0.5) is 5.69 Å². The summed E-state index contributed by atoms with van der Waals surface area (Å²) in [5.74, 6) is -0.529. The van der Waals surface area contributed by atoms with Gasteiger partial charge in [0.2, 0.25) is 0 Å². The van der Waals surface area contributed by atoms with Gasteiger partial charge in [-0.15, -0.1) is 0 Å². The van der Waals surface area contributed by atoms with Gasteiger partial charge in [-0.05, 0) is 38.1 Å². The molecule has 2 aromatic rings. The Morgan fingerprint density at radius 2 is 1.59 bits per heavy atom. The number of rotatable bonds is 8. The molecule has 2 rings (SSSR count). The normalized spacial score (nSPS) is 10.2. The second-order valence-electron chi connectivity index (χ2n) is 5.36. The third-order valence-corrected chi connectivity index (χ3v) is 3.79. The van der Waals surface area contributed by atoms with Crippen LogP contribution in [-0.2, 0) is 0 Å². The topological polar surface area (TPSA) is 94.1 Å². The van der Waals surface area contributed by atoms with Gasteiger partial charge in [0.25, 0.3) is 5.91 Å². The van der Waals surface area contributed by atoms with Gasteiger partial charge in [-0.3, -0.25) is 4.79 Å². The zero-order valence-corrected chi connectivity index (χ0v) is 15.9. The van der Waals surface area contributed by atoms with Crippen molar-refractivity contribution in [2.45, 2.75) is 13.8 Å². The first kappa shape index (κ1) is 20.4. The van der Waals surface area contributed by atoms with Crippen molar-refractivity contribution in [3.05, 3.63) is 46.5 Å². The summed E-state index contributed by atoms with van der Waals surface area (Å²) < 4.78 is 16.1. The van der Waals surface area contributed by atoms with Crippen molar-refractivity contribution < 1.29 is 28.9 Å². The van der Waals surface area contributed by atoms with E-state index in [1.165, 1.54) is 19.2 Å². The van der Waals surface area contributed by atoms with Crippen LogP contribution in [0.25, 0.3) is 0 Å². The van der Waals surface area contributed by atoms with Crippen molar-refractivity contribution in [3.8, 4) is 17.2 Å². The van der Waals surface area contributed by atoms with Crippen molar-refractivity contribution in [1.29, 1.82) is 0 Å². The number of hydrogen-bond donors (Lipinski definition) is 2. The van der Waals surface area contributed by atoms with Gasteiger partial charge in [0, 0.05) is 11.6 Å². The highest BCUT2D eigenvalue weighted by molar-refractivity contribution is 6.33. The first-order chi connectivity index (χ1) is 12.9. The molecule has 0 radical (unpaired) electrons. The summed E-state index contributed by atoms with van der Waals surface area (Å²) in [7, 11) is 1.38. The Kier molecular flexibility index (Phi) is 6.90. The van der Waals surface area contributed by atoms with Crippen LogP contribution in [0.3, 0.4) is 0 Å². The van der Waals surface area contributed by atoms with Crippen LogP contribution in [0.2, 0.25) is 5.02 Å². The molecule has 2 N–H and O–H groups in total. The van der Waals surface area contributed by atoms with E-state index in [9.17, 15) is 14.7 Å². The first-order valence-corrected chi connectivity index (χ1v) is 8.60. The highest BCUT2D eigenvalue weighted by atomic mass is 35.5. The minimum Gasteiger partial charge on any atom is -0.494 e. The predicted octanol–water partition coefficient (Wildman–Crippen LogP) is 4.10. The van der Waals surface area contributed by atoms with E-state index >= 15 is 0 Å². The molecule has 7 nitrogen and oxygen atoms in total. The Labute approximate surface area is 161 Å². The highest BCUT2D eigenvalue weighted by Gasteiger charge is 2.18. The lowest BCUT2D eigenvalue weighted by Crippen LogP contribution is -2.14. The second kappa shape index (κ2) is 9.14. The summed E-state index contributed by atoms with van der Waals surface area (Å²) in [5.41, 5.74) is 0.352. The quantitative estimate of drug-likeness (QED) is 0.701. The van der Waals surface area contributed by atoms with Crippen LogP contribution in [0.1, 0.15) is 34.6 Å². The van der Waals surface area contributed by atoms with Gasteiger partial charge in [0.05, 0.1) is 36.6 Å². The Hall–Kier alpha value is -2.93. The molecular weight excluding hydrogens is 374 g/mol. The van der Waals surface area contributed by atoms with Crippen molar-refractivity contribution >= 4 is 29.2 Å². The van der Waals surface area contributed by atoms with E-state index in [2.05, 4.69) is 5.32 Å². The number of benzene rings is 2. The van der Waals surface area contributed by atoms with E-state index in [4.69, 9.17) is 25.8 Å². The van der Waals surface area contributed by atoms with E-state index in [1.54, 1.807) is 18.2 Å². The molecule has 0 aliphatic heterocycles. The molecule has 0 spiro atoms. The fourth-order valence-electron chi connectivity index (χ4n) is 2.41. The van der Waals surface area contributed by atoms with Crippen LogP contribution in [0.5, 0.6) is 17.2 Å². The van der Waals surface area contributed by atoms with Gasteiger partial charge in [0.15, 0.2) is 5.75 Å². The maximum absolute atomic E-state index is 12.7. The molecular formula is C19H20ClNO6. The maximum Gasteiger partial charge on any atom is 0.335 e. The Balaban J connectivity index is 2.40. The van der Waals surface area contributed by atoms with Crippen molar-refractivity contribution in [2.24, 2.45) is 0 Å². The number of anilines is 1. The van der Waals surface area contributed by atoms with Gasteiger partial charge in [0.1, 0.15) is 11.5 Å².